The molecule has 1 fully saturated rings. The SMILES string of the molecule is O=C(c1cccc(F)c1-c1ncccn1)N1CCC(F)(F)C1CNc1nc2ccc(Cl)cc2o1. The molecule has 5 rings (SSSR count). The van der Waals surface area contributed by atoms with Crippen molar-refractivity contribution in [3.63, 3.8) is 0 Å². The maximum atomic E-state index is 14.8. The van der Waals surface area contributed by atoms with Crippen molar-refractivity contribution < 1.29 is 22.4 Å². The lowest BCUT2D eigenvalue weighted by Gasteiger charge is -2.28. The molecule has 1 N–H and O–H groups in total. The molecule has 34 heavy (non-hydrogen) atoms. The summed E-state index contributed by atoms with van der Waals surface area (Å²) in [5.74, 6) is -4.64. The lowest BCUT2D eigenvalue weighted by atomic mass is 10.0. The maximum Gasteiger partial charge on any atom is 0.295 e. The highest BCUT2D eigenvalue weighted by Gasteiger charge is 2.51. The molecule has 0 radical (unpaired) electrons. The number of amides is 1. The highest BCUT2D eigenvalue weighted by atomic mass is 35.5. The van der Waals surface area contributed by atoms with Crippen LogP contribution in [0.4, 0.5) is 19.2 Å². The molecule has 1 unspecified atom stereocenters. The molecule has 2 aromatic heterocycles. The van der Waals surface area contributed by atoms with Gasteiger partial charge in [0.1, 0.15) is 17.4 Å². The monoisotopic (exact) mass is 487 g/mol. The number of aromatic nitrogens is 3. The van der Waals surface area contributed by atoms with E-state index in [2.05, 4.69) is 20.3 Å². The van der Waals surface area contributed by atoms with Gasteiger partial charge in [0.2, 0.25) is 0 Å². The van der Waals surface area contributed by atoms with Crippen molar-refractivity contribution in [1.82, 2.24) is 19.9 Å². The van der Waals surface area contributed by atoms with Crippen molar-refractivity contribution in [1.29, 1.82) is 0 Å². The summed E-state index contributed by atoms with van der Waals surface area (Å²) >= 11 is 5.94. The Morgan fingerprint density at radius 3 is 2.79 bits per heavy atom. The van der Waals surface area contributed by atoms with Gasteiger partial charge in [-0.2, -0.15) is 4.98 Å². The molecule has 0 bridgehead atoms. The third-order valence-electron chi connectivity index (χ3n) is 5.64. The van der Waals surface area contributed by atoms with E-state index < -0.39 is 30.1 Å². The van der Waals surface area contributed by atoms with E-state index in [1.807, 2.05) is 0 Å². The summed E-state index contributed by atoms with van der Waals surface area (Å²) in [6.45, 7) is -0.529. The molecule has 4 aromatic rings. The number of nitrogens with zero attached hydrogens (tertiary/aromatic N) is 4. The number of anilines is 1. The number of oxazole rings is 1. The average Bonchev–Trinajstić information content (AvgIpc) is 3.36. The van der Waals surface area contributed by atoms with E-state index in [9.17, 15) is 18.0 Å². The van der Waals surface area contributed by atoms with E-state index in [1.165, 1.54) is 30.6 Å². The summed E-state index contributed by atoms with van der Waals surface area (Å²) in [4.78, 5) is 26.6. The maximum absolute atomic E-state index is 14.8. The van der Waals surface area contributed by atoms with Crippen LogP contribution in [0.25, 0.3) is 22.5 Å². The van der Waals surface area contributed by atoms with Gasteiger partial charge in [-0.1, -0.05) is 17.7 Å². The molecule has 2 aromatic carbocycles. The molecule has 7 nitrogen and oxygen atoms in total. The zero-order valence-corrected chi connectivity index (χ0v) is 18.3. The smallest absolute Gasteiger partial charge is 0.295 e. The standard InChI is InChI=1S/C23H17ClF3N5O2/c24-13-5-6-16-17(11-13)34-22(31-16)30-12-18-23(26,27)7-10-32(18)21(33)14-3-1-4-15(25)19(14)20-28-8-2-9-29-20/h1-6,8-9,11,18H,7,10,12H2,(H,30,31). The van der Waals surface area contributed by atoms with Crippen molar-refractivity contribution in [3.8, 4) is 11.4 Å². The fourth-order valence-corrected chi connectivity index (χ4v) is 4.16. The molecule has 1 atom stereocenters. The average molecular weight is 488 g/mol. The molecule has 0 spiro atoms. The summed E-state index contributed by atoms with van der Waals surface area (Å²) < 4.78 is 49.8. The molecule has 3 heterocycles. The number of halogens is 4. The van der Waals surface area contributed by atoms with E-state index in [-0.39, 0.29) is 36.1 Å². The second-order valence-corrected chi connectivity index (χ2v) is 8.21. The molecule has 174 valence electrons. The number of carbonyl (C=O) groups excluding carboxylic acids is 1. The molecule has 1 saturated heterocycles. The summed E-state index contributed by atoms with van der Waals surface area (Å²) in [5.41, 5.74) is 0.676. The molecule has 0 saturated carbocycles. The third-order valence-corrected chi connectivity index (χ3v) is 5.88. The van der Waals surface area contributed by atoms with Crippen molar-refractivity contribution >= 4 is 34.6 Å². The van der Waals surface area contributed by atoms with Crippen molar-refractivity contribution in [3.05, 3.63) is 71.3 Å². The minimum Gasteiger partial charge on any atom is -0.424 e. The largest absolute Gasteiger partial charge is 0.424 e. The lowest BCUT2D eigenvalue weighted by molar-refractivity contribution is -0.0249. The van der Waals surface area contributed by atoms with Crippen LogP contribution in [0.2, 0.25) is 5.02 Å². The van der Waals surface area contributed by atoms with Gasteiger partial charge in [0.05, 0.1) is 11.1 Å². The normalized spacial score (nSPS) is 17.3. The second-order valence-electron chi connectivity index (χ2n) is 7.77. The first-order valence-electron chi connectivity index (χ1n) is 10.4. The third kappa shape index (κ3) is 4.05. The number of alkyl halides is 2. The van der Waals surface area contributed by atoms with Gasteiger partial charge in [-0.3, -0.25) is 4.79 Å². The Morgan fingerprint density at radius 2 is 2.00 bits per heavy atom. The van der Waals surface area contributed by atoms with Gasteiger partial charge in [0.25, 0.3) is 17.8 Å². The number of nitrogens with one attached hydrogen (secondary N) is 1. The van der Waals surface area contributed by atoms with Crippen LogP contribution in [0.3, 0.4) is 0 Å². The minimum atomic E-state index is -3.17. The molecular formula is C23H17ClF3N5O2. The Balaban J connectivity index is 1.43. The first kappa shape index (κ1) is 22.1. The second kappa shape index (κ2) is 8.60. The van der Waals surface area contributed by atoms with E-state index in [1.54, 1.807) is 24.3 Å². The molecule has 1 aliphatic heterocycles. The highest BCUT2D eigenvalue weighted by Crippen LogP contribution is 2.36. The van der Waals surface area contributed by atoms with Crippen LogP contribution < -0.4 is 5.32 Å². The van der Waals surface area contributed by atoms with Crippen LogP contribution in [0.15, 0.2) is 59.3 Å². The van der Waals surface area contributed by atoms with Crippen molar-refractivity contribution in [2.24, 2.45) is 0 Å². The molecule has 1 amide bonds. The van der Waals surface area contributed by atoms with Gasteiger partial charge in [-0.25, -0.2) is 23.1 Å². The fourth-order valence-electron chi connectivity index (χ4n) is 3.99. The van der Waals surface area contributed by atoms with E-state index >= 15 is 0 Å². The minimum absolute atomic E-state index is 0.00489. The van der Waals surface area contributed by atoms with Crippen LogP contribution >= 0.6 is 11.6 Å². The van der Waals surface area contributed by atoms with E-state index in [0.29, 0.717) is 16.1 Å². The van der Waals surface area contributed by atoms with Crippen LogP contribution in [0.1, 0.15) is 16.8 Å². The topological polar surface area (TPSA) is 84.2 Å². The van der Waals surface area contributed by atoms with Crippen LogP contribution in [-0.2, 0) is 0 Å². The predicted octanol–water partition coefficient (Wildman–Crippen LogP) is 5.04. The van der Waals surface area contributed by atoms with E-state index in [0.717, 1.165) is 4.90 Å². The quantitative estimate of drug-likeness (QED) is 0.424. The Labute approximate surface area is 196 Å². The van der Waals surface area contributed by atoms with Gasteiger partial charge >= 0.3 is 0 Å². The van der Waals surface area contributed by atoms with Crippen LogP contribution in [-0.4, -0.2) is 50.8 Å². The molecular weight excluding hydrogens is 471 g/mol. The summed E-state index contributed by atoms with van der Waals surface area (Å²) in [5, 5.41) is 3.20. The highest BCUT2D eigenvalue weighted by molar-refractivity contribution is 6.31. The zero-order chi connectivity index (χ0) is 23.9. The van der Waals surface area contributed by atoms with Crippen LogP contribution in [0.5, 0.6) is 0 Å². The van der Waals surface area contributed by atoms with E-state index in [4.69, 9.17) is 16.0 Å². The summed E-state index contributed by atoms with van der Waals surface area (Å²) in [6, 6.07) is 8.80. The predicted molar refractivity (Wildman–Crippen MR) is 119 cm³/mol. The number of benzene rings is 2. The number of hydrogen-bond acceptors (Lipinski definition) is 6. The molecule has 1 aliphatic rings. The first-order chi connectivity index (χ1) is 16.3. The number of likely N-dealkylation sites (tertiary alicyclic amines) is 1. The van der Waals surface area contributed by atoms with Crippen molar-refractivity contribution in [2.45, 2.75) is 18.4 Å². The lowest BCUT2D eigenvalue weighted by Crippen LogP contribution is -2.47. The first-order valence-corrected chi connectivity index (χ1v) is 10.8. The number of carbonyl (C=O) groups is 1. The zero-order valence-electron chi connectivity index (χ0n) is 17.5. The van der Waals surface area contributed by atoms with Gasteiger partial charge in [0, 0.05) is 43.0 Å². The number of fused-ring (bicyclic) bond motifs is 1. The van der Waals surface area contributed by atoms with Crippen LogP contribution in [0, 0.1) is 5.82 Å². The Bertz CT molecular complexity index is 1370. The molecule has 11 heteroatoms. The summed E-state index contributed by atoms with van der Waals surface area (Å²) in [7, 11) is 0. The summed E-state index contributed by atoms with van der Waals surface area (Å²) in [6.07, 6.45) is 2.29. The number of hydrogen-bond donors (Lipinski definition) is 1. The van der Waals surface area contributed by atoms with Gasteiger partial charge in [-0.15, -0.1) is 0 Å². The Kier molecular flexibility index (Phi) is 5.60. The van der Waals surface area contributed by atoms with Crippen molar-refractivity contribution in [2.75, 3.05) is 18.4 Å². The Hall–Kier alpha value is -3.66. The number of rotatable bonds is 5. The van der Waals surface area contributed by atoms with Gasteiger partial charge < -0.3 is 14.6 Å². The van der Waals surface area contributed by atoms with Gasteiger partial charge in [-0.05, 0) is 30.3 Å². The fraction of sp³-hybridized carbons (Fsp3) is 0.217. The van der Waals surface area contributed by atoms with Gasteiger partial charge in [0.15, 0.2) is 11.4 Å². The Morgan fingerprint density at radius 1 is 1.21 bits per heavy atom. The molecule has 0 aliphatic carbocycles.